The number of anilines is 2. The molecular weight excluding hydrogens is 374 g/mol. The molecule has 158 valence electrons. The average molecular weight is 406 g/mol. The third kappa shape index (κ3) is 3.64. The predicted molar refractivity (Wildman–Crippen MR) is 122 cm³/mol. The number of nitrogens with zero attached hydrogens (tertiary/aromatic N) is 5. The van der Waals surface area contributed by atoms with Crippen molar-refractivity contribution >= 4 is 23.2 Å². The van der Waals surface area contributed by atoms with Gasteiger partial charge in [-0.15, -0.1) is 0 Å². The SMILES string of the molecule is COc1ccc(CCC2=Nc3c(nc(N4CCCC4)nc3N3CCCC3)C2C)cc1. The van der Waals surface area contributed by atoms with Crippen molar-refractivity contribution in [1.29, 1.82) is 0 Å². The molecule has 2 aromatic rings. The van der Waals surface area contributed by atoms with Crippen LogP contribution < -0.4 is 14.5 Å². The van der Waals surface area contributed by atoms with E-state index in [4.69, 9.17) is 19.7 Å². The molecule has 2 saturated heterocycles. The van der Waals surface area contributed by atoms with Crippen LogP contribution in [0.5, 0.6) is 5.75 Å². The number of benzene rings is 1. The highest BCUT2D eigenvalue weighted by molar-refractivity contribution is 5.99. The van der Waals surface area contributed by atoms with Crippen molar-refractivity contribution < 1.29 is 4.74 Å². The largest absolute Gasteiger partial charge is 0.497 e. The second kappa shape index (κ2) is 8.25. The average Bonchev–Trinajstić information content (AvgIpc) is 3.54. The lowest BCUT2D eigenvalue weighted by Crippen LogP contribution is -2.25. The molecule has 0 amide bonds. The second-order valence-electron chi connectivity index (χ2n) is 8.64. The van der Waals surface area contributed by atoms with Gasteiger partial charge in [0.2, 0.25) is 5.95 Å². The van der Waals surface area contributed by atoms with E-state index in [1.165, 1.54) is 37.0 Å². The fraction of sp³-hybridized carbons (Fsp3) is 0.542. The number of hydrogen-bond donors (Lipinski definition) is 0. The molecule has 30 heavy (non-hydrogen) atoms. The van der Waals surface area contributed by atoms with E-state index in [1.807, 2.05) is 12.1 Å². The summed E-state index contributed by atoms with van der Waals surface area (Å²) in [5.41, 5.74) is 4.69. The summed E-state index contributed by atoms with van der Waals surface area (Å²) in [4.78, 5) is 19.9. The number of hydrogen-bond acceptors (Lipinski definition) is 6. The fourth-order valence-corrected chi connectivity index (χ4v) is 4.80. The quantitative estimate of drug-likeness (QED) is 0.708. The molecule has 1 unspecified atom stereocenters. The minimum absolute atomic E-state index is 0.254. The van der Waals surface area contributed by atoms with Gasteiger partial charge in [-0.3, -0.25) is 4.99 Å². The smallest absolute Gasteiger partial charge is 0.227 e. The Morgan fingerprint density at radius 3 is 2.23 bits per heavy atom. The van der Waals surface area contributed by atoms with Gasteiger partial charge in [-0.2, -0.15) is 4.98 Å². The van der Waals surface area contributed by atoms with Crippen LogP contribution in [0.15, 0.2) is 29.3 Å². The van der Waals surface area contributed by atoms with Crippen molar-refractivity contribution in [2.75, 3.05) is 43.1 Å². The zero-order valence-corrected chi connectivity index (χ0v) is 18.1. The number of aromatic nitrogens is 2. The molecule has 5 rings (SSSR count). The molecule has 2 fully saturated rings. The Hall–Kier alpha value is -2.63. The molecule has 1 aromatic heterocycles. The number of rotatable bonds is 6. The summed E-state index contributed by atoms with van der Waals surface area (Å²) in [5, 5.41) is 0. The molecule has 4 heterocycles. The van der Waals surface area contributed by atoms with E-state index in [9.17, 15) is 0 Å². The zero-order valence-electron chi connectivity index (χ0n) is 18.1. The van der Waals surface area contributed by atoms with Crippen molar-refractivity contribution in [1.82, 2.24) is 9.97 Å². The van der Waals surface area contributed by atoms with E-state index in [1.54, 1.807) is 7.11 Å². The maximum absolute atomic E-state index is 5.27. The van der Waals surface area contributed by atoms with Crippen LogP contribution in [0.4, 0.5) is 17.5 Å². The lowest BCUT2D eigenvalue weighted by atomic mass is 9.97. The van der Waals surface area contributed by atoms with E-state index in [2.05, 4.69) is 28.9 Å². The van der Waals surface area contributed by atoms with Crippen LogP contribution in [0, 0.1) is 0 Å². The van der Waals surface area contributed by atoms with Crippen LogP contribution in [0.1, 0.15) is 56.2 Å². The Kier molecular flexibility index (Phi) is 5.32. The van der Waals surface area contributed by atoms with Gasteiger partial charge in [0.25, 0.3) is 0 Å². The highest BCUT2D eigenvalue weighted by Gasteiger charge is 2.32. The summed E-state index contributed by atoms with van der Waals surface area (Å²) in [7, 11) is 1.70. The first-order valence-electron chi connectivity index (χ1n) is 11.3. The number of ether oxygens (including phenoxy) is 1. The normalized spacial score (nSPS) is 20.6. The van der Waals surface area contributed by atoms with Crippen molar-refractivity contribution in [3.63, 3.8) is 0 Å². The third-order valence-electron chi connectivity index (χ3n) is 6.67. The van der Waals surface area contributed by atoms with Crippen molar-refractivity contribution in [3.05, 3.63) is 35.5 Å². The van der Waals surface area contributed by atoms with Gasteiger partial charge in [0.05, 0.1) is 12.8 Å². The minimum Gasteiger partial charge on any atom is -0.497 e. The van der Waals surface area contributed by atoms with Gasteiger partial charge in [0.15, 0.2) is 5.82 Å². The lowest BCUT2D eigenvalue weighted by Gasteiger charge is -2.23. The molecule has 3 aliphatic rings. The van der Waals surface area contributed by atoms with Gasteiger partial charge in [-0.1, -0.05) is 19.1 Å². The molecule has 6 nitrogen and oxygen atoms in total. The molecule has 0 bridgehead atoms. The molecule has 0 saturated carbocycles. The Labute approximate surface area is 179 Å². The molecule has 6 heteroatoms. The molecule has 0 radical (unpaired) electrons. The topological polar surface area (TPSA) is 53.9 Å². The van der Waals surface area contributed by atoms with Crippen LogP contribution in [-0.4, -0.2) is 49.0 Å². The summed E-state index contributed by atoms with van der Waals surface area (Å²) in [6.45, 7) is 6.55. The van der Waals surface area contributed by atoms with Crippen molar-refractivity contribution in [2.24, 2.45) is 4.99 Å². The van der Waals surface area contributed by atoms with Gasteiger partial charge < -0.3 is 14.5 Å². The first-order chi connectivity index (χ1) is 14.7. The minimum atomic E-state index is 0.254. The van der Waals surface area contributed by atoms with E-state index >= 15 is 0 Å². The van der Waals surface area contributed by atoms with Gasteiger partial charge in [0.1, 0.15) is 11.4 Å². The second-order valence-corrected chi connectivity index (χ2v) is 8.64. The number of aryl methyl sites for hydroxylation is 1. The monoisotopic (exact) mass is 405 g/mol. The van der Waals surface area contributed by atoms with Crippen LogP contribution in [-0.2, 0) is 6.42 Å². The van der Waals surface area contributed by atoms with Crippen LogP contribution in [0.25, 0.3) is 0 Å². The first-order valence-corrected chi connectivity index (χ1v) is 11.3. The highest BCUT2D eigenvalue weighted by atomic mass is 16.5. The van der Waals surface area contributed by atoms with E-state index in [0.717, 1.165) is 67.9 Å². The maximum atomic E-state index is 5.27. The Morgan fingerprint density at radius 1 is 0.900 bits per heavy atom. The van der Waals surface area contributed by atoms with E-state index in [-0.39, 0.29) is 5.92 Å². The number of methoxy groups -OCH3 is 1. The highest BCUT2D eigenvalue weighted by Crippen LogP contribution is 2.43. The molecule has 0 aliphatic carbocycles. The Balaban J connectivity index is 1.41. The van der Waals surface area contributed by atoms with Crippen molar-refractivity contribution in [2.45, 2.75) is 51.4 Å². The van der Waals surface area contributed by atoms with Crippen molar-refractivity contribution in [3.8, 4) is 5.75 Å². The summed E-state index contributed by atoms with van der Waals surface area (Å²) in [6, 6.07) is 8.35. The summed E-state index contributed by atoms with van der Waals surface area (Å²) < 4.78 is 5.27. The number of fused-ring (bicyclic) bond motifs is 1. The van der Waals surface area contributed by atoms with Gasteiger partial charge >= 0.3 is 0 Å². The molecular formula is C24H31N5O. The van der Waals surface area contributed by atoms with E-state index < -0.39 is 0 Å². The predicted octanol–water partition coefficient (Wildman–Crippen LogP) is 4.51. The van der Waals surface area contributed by atoms with Crippen LogP contribution in [0.3, 0.4) is 0 Å². The summed E-state index contributed by atoms with van der Waals surface area (Å²) in [6.07, 6.45) is 6.87. The van der Waals surface area contributed by atoms with Gasteiger partial charge in [-0.05, 0) is 56.2 Å². The Morgan fingerprint density at radius 2 is 1.57 bits per heavy atom. The molecule has 3 aliphatic heterocycles. The molecule has 0 spiro atoms. The number of aliphatic imine (C=N–C) groups is 1. The maximum Gasteiger partial charge on any atom is 0.227 e. The fourth-order valence-electron chi connectivity index (χ4n) is 4.80. The van der Waals surface area contributed by atoms with Crippen LogP contribution >= 0.6 is 0 Å². The van der Waals surface area contributed by atoms with Gasteiger partial charge in [0, 0.05) is 37.8 Å². The summed E-state index contributed by atoms with van der Waals surface area (Å²) in [5.74, 6) is 3.12. The summed E-state index contributed by atoms with van der Waals surface area (Å²) >= 11 is 0. The Bertz CT molecular complexity index is 927. The molecule has 1 atom stereocenters. The van der Waals surface area contributed by atoms with Gasteiger partial charge in [-0.25, -0.2) is 4.98 Å². The third-order valence-corrected chi connectivity index (χ3v) is 6.67. The first kappa shape index (κ1) is 19.3. The molecule has 1 aromatic carbocycles. The van der Waals surface area contributed by atoms with E-state index in [0.29, 0.717) is 0 Å². The van der Waals surface area contributed by atoms with Crippen LogP contribution in [0.2, 0.25) is 0 Å². The molecule has 0 N–H and O–H groups in total. The zero-order chi connectivity index (χ0) is 20.5. The standard InChI is InChI=1S/C24H31N5O/c1-17-20(12-9-18-7-10-19(30-2)11-8-18)25-22-21(17)26-24(29-15-5-6-16-29)27-23(22)28-13-3-4-14-28/h7-8,10-11,17H,3-6,9,12-16H2,1-2H3. The lowest BCUT2D eigenvalue weighted by molar-refractivity contribution is 0.414.